The molecule has 152 valence electrons. The van der Waals surface area contributed by atoms with E-state index in [-0.39, 0.29) is 23.0 Å². The van der Waals surface area contributed by atoms with E-state index in [2.05, 4.69) is 15.3 Å². The Labute approximate surface area is 171 Å². The van der Waals surface area contributed by atoms with Crippen LogP contribution in [0.5, 0.6) is 0 Å². The number of rotatable bonds is 8. The normalized spacial score (nSPS) is 12.1. The molecule has 0 aliphatic carbocycles. The first kappa shape index (κ1) is 20.9. The largest absolute Gasteiger partial charge is 0.379 e. The molecule has 3 aromatic rings. The van der Waals surface area contributed by atoms with Gasteiger partial charge in [-0.3, -0.25) is 9.59 Å². The second-order valence-corrected chi connectivity index (χ2v) is 6.96. The number of halogens is 2. The predicted molar refractivity (Wildman–Crippen MR) is 109 cm³/mol. The highest BCUT2D eigenvalue weighted by Gasteiger charge is 2.18. The number of hydrogen-bond acceptors (Lipinski definition) is 4. The van der Waals surface area contributed by atoms with Crippen LogP contribution in [0.15, 0.2) is 47.3 Å². The molecule has 0 bridgehead atoms. The number of para-hydroxylation sites is 1. The van der Waals surface area contributed by atoms with E-state index in [1.165, 1.54) is 12.1 Å². The third-order valence-electron chi connectivity index (χ3n) is 4.35. The number of benzene rings is 2. The van der Waals surface area contributed by atoms with Crippen molar-refractivity contribution in [3.8, 4) is 0 Å². The quantitative estimate of drug-likeness (QED) is 0.515. The molecule has 1 unspecified atom stereocenters. The van der Waals surface area contributed by atoms with Gasteiger partial charge in [-0.05, 0) is 30.3 Å². The number of ether oxygens (including phenoxy) is 1. The summed E-state index contributed by atoms with van der Waals surface area (Å²) in [5.74, 6) is -0.299. The number of amides is 1. The minimum absolute atomic E-state index is 0.0909. The predicted octanol–water partition coefficient (Wildman–Crippen LogP) is 1.39. The van der Waals surface area contributed by atoms with Gasteiger partial charge in [-0.25, -0.2) is 9.37 Å². The number of aromatic nitrogens is 2. The number of anilines is 1. The average molecular weight is 420 g/mol. The maximum Gasteiger partial charge on any atom is 0.279 e. The minimum Gasteiger partial charge on any atom is -0.379 e. The minimum atomic E-state index is -0.480. The lowest BCUT2D eigenvalue weighted by Crippen LogP contribution is -3.12. The summed E-state index contributed by atoms with van der Waals surface area (Å²) in [4.78, 5) is 32.8. The first-order valence-electron chi connectivity index (χ1n) is 9.01. The fraction of sp³-hybridized carbons (Fsp3) is 0.250. The molecule has 1 atom stereocenters. The number of carbonyl (C=O) groups is 1. The van der Waals surface area contributed by atoms with Gasteiger partial charge in [0.25, 0.3) is 11.5 Å². The zero-order valence-electron chi connectivity index (χ0n) is 15.8. The molecule has 2 aromatic carbocycles. The highest BCUT2D eigenvalue weighted by atomic mass is 35.5. The fourth-order valence-corrected chi connectivity index (χ4v) is 3.17. The molecule has 3 N–H and O–H groups in total. The van der Waals surface area contributed by atoms with Gasteiger partial charge < -0.3 is 19.9 Å². The lowest BCUT2D eigenvalue weighted by molar-refractivity contribution is -0.906. The van der Waals surface area contributed by atoms with Crippen LogP contribution in [-0.2, 0) is 16.1 Å². The fourth-order valence-electron chi connectivity index (χ4n) is 2.95. The Balaban J connectivity index is 1.74. The number of hydrogen-bond donors (Lipinski definition) is 3. The van der Waals surface area contributed by atoms with Gasteiger partial charge in [0.05, 0.1) is 28.2 Å². The number of carbonyl (C=O) groups excluding carboxylic acids is 1. The molecule has 3 rings (SSSR count). The summed E-state index contributed by atoms with van der Waals surface area (Å²) >= 11 is 5.97. The second kappa shape index (κ2) is 9.60. The van der Waals surface area contributed by atoms with Gasteiger partial charge in [0, 0.05) is 7.11 Å². The Kier molecular flexibility index (Phi) is 6.92. The van der Waals surface area contributed by atoms with Crippen molar-refractivity contribution in [3.63, 3.8) is 0 Å². The van der Waals surface area contributed by atoms with Crippen LogP contribution >= 0.6 is 11.6 Å². The Morgan fingerprint density at radius 3 is 2.86 bits per heavy atom. The molecule has 0 spiro atoms. The molecule has 0 aliphatic heterocycles. The third-order valence-corrected chi connectivity index (χ3v) is 4.67. The van der Waals surface area contributed by atoms with Crippen molar-refractivity contribution in [1.29, 1.82) is 0 Å². The van der Waals surface area contributed by atoms with Gasteiger partial charge in [-0.2, -0.15) is 0 Å². The number of nitrogens with one attached hydrogen (secondary N) is 3. The highest BCUT2D eigenvalue weighted by molar-refractivity contribution is 6.33. The van der Waals surface area contributed by atoms with Gasteiger partial charge in [0.15, 0.2) is 12.4 Å². The molecule has 9 heteroatoms. The molecular formula is C20H21ClFN4O3+. The van der Waals surface area contributed by atoms with E-state index in [1.807, 2.05) is 6.07 Å². The van der Waals surface area contributed by atoms with Crippen molar-refractivity contribution < 1.29 is 18.8 Å². The molecule has 1 heterocycles. The van der Waals surface area contributed by atoms with E-state index in [0.717, 1.165) is 11.0 Å². The van der Waals surface area contributed by atoms with E-state index in [9.17, 15) is 14.0 Å². The second-order valence-electron chi connectivity index (χ2n) is 6.55. The summed E-state index contributed by atoms with van der Waals surface area (Å²) in [6, 6.07) is 10.8. The van der Waals surface area contributed by atoms with Crippen molar-refractivity contribution in [3.05, 3.63) is 69.5 Å². The molecule has 0 saturated heterocycles. The lowest BCUT2D eigenvalue weighted by Gasteiger charge is -2.18. The first-order chi connectivity index (χ1) is 14.0. The van der Waals surface area contributed by atoms with E-state index in [4.69, 9.17) is 16.3 Å². The first-order valence-corrected chi connectivity index (χ1v) is 9.39. The summed E-state index contributed by atoms with van der Waals surface area (Å²) in [6.45, 7) is 1.37. The van der Waals surface area contributed by atoms with Crippen LogP contribution in [0.25, 0.3) is 10.9 Å². The summed E-state index contributed by atoms with van der Waals surface area (Å²) in [6.07, 6.45) is 0. The van der Waals surface area contributed by atoms with Gasteiger partial charge in [-0.1, -0.05) is 23.7 Å². The summed E-state index contributed by atoms with van der Waals surface area (Å²) < 4.78 is 18.3. The Morgan fingerprint density at radius 2 is 2.10 bits per heavy atom. The van der Waals surface area contributed by atoms with Crippen LogP contribution < -0.4 is 15.8 Å². The molecule has 0 saturated carbocycles. The van der Waals surface area contributed by atoms with Crippen molar-refractivity contribution in [2.75, 3.05) is 32.1 Å². The standard InChI is InChI=1S/C20H20ClFN4O3/c1-29-9-8-26(12-19(27)24-17-7-6-13(22)10-15(17)21)11-18-23-16-5-3-2-4-14(16)20(28)25-18/h2-7,10H,8-9,11-12H2,1H3,(H,24,27)(H,23,25,28)/p+1. The van der Waals surface area contributed by atoms with Crippen molar-refractivity contribution in [2.24, 2.45) is 0 Å². The number of methoxy groups -OCH3 is 1. The van der Waals surface area contributed by atoms with Crippen LogP contribution in [0.1, 0.15) is 5.82 Å². The maximum atomic E-state index is 13.2. The molecule has 1 amide bonds. The van der Waals surface area contributed by atoms with Gasteiger partial charge in [-0.15, -0.1) is 0 Å². The number of quaternary nitrogens is 1. The third kappa shape index (κ3) is 5.60. The van der Waals surface area contributed by atoms with Gasteiger partial charge >= 0.3 is 0 Å². The highest BCUT2D eigenvalue weighted by Crippen LogP contribution is 2.22. The summed E-state index contributed by atoms with van der Waals surface area (Å²) in [7, 11) is 1.58. The van der Waals surface area contributed by atoms with Crippen LogP contribution in [0.4, 0.5) is 10.1 Å². The monoisotopic (exact) mass is 419 g/mol. The van der Waals surface area contributed by atoms with E-state index < -0.39 is 5.82 Å². The molecule has 0 aliphatic rings. The van der Waals surface area contributed by atoms with Crippen LogP contribution in [-0.4, -0.2) is 42.7 Å². The summed E-state index contributed by atoms with van der Waals surface area (Å²) in [5, 5.41) is 3.31. The molecule has 7 nitrogen and oxygen atoms in total. The Hall–Kier alpha value is -2.81. The zero-order chi connectivity index (χ0) is 20.8. The van der Waals surface area contributed by atoms with Gasteiger partial charge in [0.1, 0.15) is 18.9 Å². The van der Waals surface area contributed by atoms with E-state index >= 15 is 0 Å². The number of aromatic amines is 1. The van der Waals surface area contributed by atoms with Gasteiger partial charge in [0.2, 0.25) is 0 Å². The maximum absolute atomic E-state index is 13.2. The summed E-state index contributed by atoms with van der Waals surface area (Å²) in [5.41, 5.74) is 0.709. The molecule has 1 aromatic heterocycles. The van der Waals surface area contributed by atoms with E-state index in [0.29, 0.717) is 42.1 Å². The zero-order valence-corrected chi connectivity index (χ0v) is 16.6. The average Bonchev–Trinajstić information content (AvgIpc) is 2.68. The Morgan fingerprint density at radius 1 is 1.31 bits per heavy atom. The molecule has 0 fully saturated rings. The smallest absolute Gasteiger partial charge is 0.279 e. The van der Waals surface area contributed by atoms with Crippen molar-refractivity contribution in [1.82, 2.24) is 9.97 Å². The molecule has 0 radical (unpaired) electrons. The van der Waals surface area contributed by atoms with Crippen LogP contribution in [0.2, 0.25) is 5.02 Å². The van der Waals surface area contributed by atoms with Crippen LogP contribution in [0, 0.1) is 5.82 Å². The van der Waals surface area contributed by atoms with Crippen molar-refractivity contribution >= 4 is 34.1 Å². The topological polar surface area (TPSA) is 88.5 Å². The van der Waals surface area contributed by atoms with Crippen molar-refractivity contribution in [2.45, 2.75) is 6.54 Å². The molecule has 29 heavy (non-hydrogen) atoms. The van der Waals surface area contributed by atoms with E-state index in [1.54, 1.807) is 25.3 Å². The number of fused-ring (bicyclic) bond motifs is 1. The Bertz CT molecular complexity index is 1070. The number of H-pyrrole nitrogens is 1. The lowest BCUT2D eigenvalue weighted by atomic mass is 10.2. The SMILES string of the molecule is COCC[NH+](CC(=O)Nc1ccc(F)cc1Cl)Cc1nc2ccccc2c(=O)[nH]1. The molecular weight excluding hydrogens is 399 g/mol. The van der Waals surface area contributed by atoms with Crippen LogP contribution in [0.3, 0.4) is 0 Å². The number of nitrogens with zero attached hydrogens (tertiary/aromatic N) is 1.